The van der Waals surface area contributed by atoms with Gasteiger partial charge in [0, 0.05) is 5.56 Å². The fourth-order valence-electron chi connectivity index (χ4n) is 1.12. The molecule has 0 aliphatic rings. The summed E-state index contributed by atoms with van der Waals surface area (Å²) in [6.45, 7) is 6.02. The van der Waals surface area contributed by atoms with Gasteiger partial charge in [-0.3, -0.25) is 0 Å². The van der Waals surface area contributed by atoms with E-state index in [1.807, 2.05) is 25.1 Å². The van der Waals surface area contributed by atoms with Gasteiger partial charge in [-0.25, -0.2) is 0 Å². The largest absolute Gasteiger partial charge is 0.489 e. The lowest BCUT2D eigenvalue weighted by Crippen LogP contribution is -1.97. The minimum absolute atomic E-state index is 0.00809. The van der Waals surface area contributed by atoms with E-state index < -0.39 is 0 Å². The summed E-state index contributed by atoms with van der Waals surface area (Å²) in [5, 5.41) is 9.04. The van der Waals surface area contributed by atoms with Crippen molar-refractivity contribution in [2.75, 3.05) is 6.61 Å². The van der Waals surface area contributed by atoms with Crippen LogP contribution in [0.1, 0.15) is 11.1 Å². The van der Waals surface area contributed by atoms with Crippen LogP contribution in [0.5, 0.6) is 5.75 Å². The Morgan fingerprint density at radius 2 is 2.31 bits per heavy atom. The normalized spacial score (nSPS) is 9.69. The first-order chi connectivity index (χ1) is 6.27. The molecule has 2 heteroatoms. The number of hydrogen-bond donors (Lipinski definition) is 1. The Morgan fingerprint density at radius 3 is 2.92 bits per heavy atom. The Hall–Kier alpha value is -1.28. The summed E-state index contributed by atoms with van der Waals surface area (Å²) in [4.78, 5) is 0. The van der Waals surface area contributed by atoms with Gasteiger partial charge in [-0.05, 0) is 13.0 Å². The second-order valence-corrected chi connectivity index (χ2v) is 2.87. The van der Waals surface area contributed by atoms with E-state index in [-0.39, 0.29) is 6.61 Å². The second-order valence-electron chi connectivity index (χ2n) is 2.87. The number of benzene rings is 1. The highest BCUT2D eigenvalue weighted by Gasteiger charge is 2.01. The molecule has 1 rings (SSSR count). The fraction of sp³-hybridized carbons (Fsp3) is 0.273. The maximum Gasteiger partial charge on any atom is 0.125 e. The molecule has 0 bridgehead atoms. The van der Waals surface area contributed by atoms with Crippen molar-refractivity contribution in [2.24, 2.45) is 0 Å². The molecule has 13 heavy (non-hydrogen) atoms. The Morgan fingerprint density at radius 1 is 1.54 bits per heavy atom. The molecule has 0 spiro atoms. The van der Waals surface area contributed by atoms with E-state index >= 15 is 0 Å². The molecule has 0 atom stereocenters. The SMILES string of the molecule is C=CCOc1ccc(C)cc1CO. The smallest absolute Gasteiger partial charge is 0.125 e. The zero-order valence-electron chi connectivity index (χ0n) is 7.79. The van der Waals surface area contributed by atoms with Gasteiger partial charge in [0.15, 0.2) is 0 Å². The zero-order valence-corrected chi connectivity index (χ0v) is 7.79. The highest BCUT2D eigenvalue weighted by Crippen LogP contribution is 2.19. The molecule has 70 valence electrons. The molecule has 1 N–H and O–H groups in total. The lowest BCUT2D eigenvalue weighted by Gasteiger charge is -2.08. The molecule has 0 saturated heterocycles. The molecule has 0 aliphatic carbocycles. The summed E-state index contributed by atoms with van der Waals surface area (Å²) < 4.78 is 5.35. The summed E-state index contributed by atoms with van der Waals surface area (Å²) >= 11 is 0. The number of rotatable bonds is 4. The molecule has 0 saturated carbocycles. The van der Waals surface area contributed by atoms with Gasteiger partial charge in [-0.2, -0.15) is 0 Å². The average Bonchev–Trinajstić information content (AvgIpc) is 2.16. The van der Waals surface area contributed by atoms with Crippen LogP contribution in [-0.2, 0) is 6.61 Å². The minimum Gasteiger partial charge on any atom is -0.489 e. The van der Waals surface area contributed by atoms with Crippen LogP contribution >= 0.6 is 0 Å². The topological polar surface area (TPSA) is 29.5 Å². The summed E-state index contributed by atoms with van der Waals surface area (Å²) in [7, 11) is 0. The molecule has 1 aromatic rings. The van der Waals surface area contributed by atoms with Crippen molar-refractivity contribution in [1.82, 2.24) is 0 Å². The summed E-state index contributed by atoms with van der Waals surface area (Å²) in [5.74, 6) is 0.730. The second kappa shape index (κ2) is 4.67. The van der Waals surface area contributed by atoms with Crippen LogP contribution in [0.15, 0.2) is 30.9 Å². The van der Waals surface area contributed by atoms with E-state index in [0.717, 1.165) is 16.9 Å². The highest BCUT2D eigenvalue weighted by molar-refractivity contribution is 5.36. The van der Waals surface area contributed by atoms with Crippen LogP contribution in [0.25, 0.3) is 0 Å². The molecule has 0 fully saturated rings. The molecule has 0 heterocycles. The lowest BCUT2D eigenvalue weighted by molar-refractivity contribution is 0.270. The highest BCUT2D eigenvalue weighted by atomic mass is 16.5. The standard InChI is InChI=1S/C11H14O2/c1-3-6-13-11-5-4-9(2)7-10(11)8-12/h3-5,7,12H,1,6,8H2,2H3. The van der Waals surface area contributed by atoms with Crippen LogP contribution in [-0.4, -0.2) is 11.7 Å². The van der Waals surface area contributed by atoms with Gasteiger partial charge in [-0.1, -0.05) is 30.4 Å². The average molecular weight is 178 g/mol. The predicted octanol–water partition coefficient (Wildman–Crippen LogP) is 2.05. The Bertz CT molecular complexity index is 292. The van der Waals surface area contributed by atoms with Gasteiger partial charge >= 0.3 is 0 Å². The number of hydrogen-bond acceptors (Lipinski definition) is 2. The van der Waals surface area contributed by atoms with Gasteiger partial charge in [0.05, 0.1) is 6.61 Å². The number of ether oxygens (including phenoxy) is 1. The van der Waals surface area contributed by atoms with Crippen LogP contribution in [0.2, 0.25) is 0 Å². The molecule has 0 radical (unpaired) electrons. The molecule has 0 aliphatic heterocycles. The molecule has 2 nitrogen and oxygen atoms in total. The summed E-state index contributed by atoms with van der Waals surface area (Å²) in [6.07, 6.45) is 1.68. The number of aliphatic hydroxyl groups is 1. The summed E-state index contributed by atoms with van der Waals surface area (Å²) in [6, 6.07) is 5.74. The fourth-order valence-corrected chi connectivity index (χ4v) is 1.12. The molecule has 0 amide bonds. The van der Waals surface area contributed by atoms with Gasteiger partial charge in [0.25, 0.3) is 0 Å². The van der Waals surface area contributed by atoms with Crippen LogP contribution < -0.4 is 4.74 Å². The third kappa shape index (κ3) is 2.60. The van der Waals surface area contributed by atoms with E-state index in [1.165, 1.54) is 0 Å². The van der Waals surface area contributed by atoms with Crippen molar-refractivity contribution in [3.05, 3.63) is 42.0 Å². The van der Waals surface area contributed by atoms with Gasteiger partial charge in [0.1, 0.15) is 12.4 Å². The molecule has 1 aromatic carbocycles. The van der Waals surface area contributed by atoms with Crippen molar-refractivity contribution in [3.8, 4) is 5.75 Å². The quantitative estimate of drug-likeness (QED) is 0.715. The molecular formula is C11H14O2. The van der Waals surface area contributed by atoms with Crippen molar-refractivity contribution in [2.45, 2.75) is 13.5 Å². The van der Waals surface area contributed by atoms with Crippen LogP contribution in [0, 0.1) is 6.92 Å². The molecule has 0 unspecified atom stereocenters. The van der Waals surface area contributed by atoms with Crippen molar-refractivity contribution >= 4 is 0 Å². The third-order valence-electron chi connectivity index (χ3n) is 1.74. The van der Waals surface area contributed by atoms with Crippen molar-refractivity contribution in [3.63, 3.8) is 0 Å². The monoisotopic (exact) mass is 178 g/mol. The van der Waals surface area contributed by atoms with Crippen molar-refractivity contribution in [1.29, 1.82) is 0 Å². The van der Waals surface area contributed by atoms with Gasteiger partial charge in [-0.15, -0.1) is 0 Å². The van der Waals surface area contributed by atoms with E-state index in [1.54, 1.807) is 6.08 Å². The molecule has 0 aromatic heterocycles. The van der Waals surface area contributed by atoms with Crippen LogP contribution in [0.3, 0.4) is 0 Å². The predicted molar refractivity (Wildman–Crippen MR) is 52.8 cm³/mol. The van der Waals surface area contributed by atoms with E-state index in [2.05, 4.69) is 6.58 Å². The zero-order chi connectivity index (χ0) is 9.68. The Kier molecular flexibility index (Phi) is 3.53. The Balaban J connectivity index is 2.85. The lowest BCUT2D eigenvalue weighted by atomic mass is 10.1. The maximum atomic E-state index is 9.04. The number of aryl methyl sites for hydroxylation is 1. The van der Waals surface area contributed by atoms with Gasteiger partial charge in [0.2, 0.25) is 0 Å². The molecular weight excluding hydrogens is 164 g/mol. The Labute approximate surface area is 78.5 Å². The van der Waals surface area contributed by atoms with Crippen LogP contribution in [0.4, 0.5) is 0 Å². The van der Waals surface area contributed by atoms with E-state index in [0.29, 0.717) is 6.61 Å². The first kappa shape index (κ1) is 9.81. The van der Waals surface area contributed by atoms with E-state index in [9.17, 15) is 0 Å². The minimum atomic E-state index is 0.00809. The first-order valence-corrected chi connectivity index (χ1v) is 4.22. The number of aliphatic hydroxyl groups excluding tert-OH is 1. The van der Waals surface area contributed by atoms with Gasteiger partial charge < -0.3 is 9.84 Å². The van der Waals surface area contributed by atoms with E-state index in [4.69, 9.17) is 9.84 Å². The first-order valence-electron chi connectivity index (χ1n) is 4.22. The van der Waals surface area contributed by atoms with Crippen molar-refractivity contribution < 1.29 is 9.84 Å². The summed E-state index contributed by atoms with van der Waals surface area (Å²) in [5.41, 5.74) is 1.94. The third-order valence-corrected chi connectivity index (χ3v) is 1.74. The maximum absolute atomic E-state index is 9.04.